The second kappa shape index (κ2) is 9.90. The number of likely N-dealkylation sites (tertiary alicyclic amines) is 1. The Hall–Kier alpha value is -3.27. The summed E-state index contributed by atoms with van der Waals surface area (Å²) in [5.74, 6) is 0.172. The number of carbonyl (C=O) groups excluding carboxylic acids is 2. The van der Waals surface area contributed by atoms with Crippen molar-refractivity contribution in [3.05, 3.63) is 59.7 Å². The Balaban J connectivity index is 1.67. The molecule has 3 amide bonds. The molecule has 7 nitrogen and oxygen atoms in total. The number of rotatable bonds is 4. The highest BCUT2D eigenvalue weighted by Crippen LogP contribution is 2.30. The van der Waals surface area contributed by atoms with Gasteiger partial charge in [0.05, 0.1) is 24.8 Å². The maximum absolute atomic E-state index is 12.9. The van der Waals surface area contributed by atoms with Gasteiger partial charge < -0.3 is 25.4 Å². The second-order valence-electron chi connectivity index (χ2n) is 7.47. The van der Waals surface area contributed by atoms with Gasteiger partial charge in [-0.25, -0.2) is 4.79 Å². The lowest BCUT2D eigenvalue weighted by molar-refractivity contribution is -0.137. The van der Waals surface area contributed by atoms with Crippen molar-refractivity contribution < 1.29 is 32.6 Å². The van der Waals surface area contributed by atoms with E-state index in [0.717, 1.165) is 12.1 Å². The smallest absolute Gasteiger partial charge is 0.416 e. The highest BCUT2D eigenvalue weighted by atomic mass is 19.4. The largest absolute Gasteiger partial charge is 0.497 e. The SMILES string of the molecule is COc1ccc(C(=O)N[C@H]2CN(C(=O)Nc3cccc(C(F)(F)F)c3)CCC[C@H]2O)cc1. The molecule has 0 aliphatic carbocycles. The maximum atomic E-state index is 12.9. The highest BCUT2D eigenvalue weighted by Gasteiger charge is 2.32. The average molecular weight is 451 g/mol. The Morgan fingerprint density at radius 2 is 1.88 bits per heavy atom. The first-order valence-corrected chi connectivity index (χ1v) is 10.0. The zero-order valence-electron chi connectivity index (χ0n) is 17.4. The summed E-state index contributed by atoms with van der Waals surface area (Å²) < 4.78 is 43.8. The number of methoxy groups -OCH3 is 1. The van der Waals surface area contributed by atoms with Gasteiger partial charge >= 0.3 is 12.2 Å². The number of hydrogen-bond acceptors (Lipinski definition) is 4. The average Bonchev–Trinajstić information content (AvgIpc) is 2.95. The van der Waals surface area contributed by atoms with E-state index in [1.165, 1.54) is 24.1 Å². The van der Waals surface area contributed by atoms with Crippen LogP contribution in [-0.4, -0.2) is 54.3 Å². The second-order valence-corrected chi connectivity index (χ2v) is 7.47. The summed E-state index contributed by atoms with van der Waals surface area (Å²) in [5.41, 5.74) is -0.498. The van der Waals surface area contributed by atoms with Gasteiger partial charge in [0.15, 0.2) is 0 Å². The lowest BCUT2D eigenvalue weighted by Crippen LogP contribution is -2.50. The molecule has 0 radical (unpaired) electrons. The van der Waals surface area contributed by atoms with Crippen LogP contribution in [0.2, 0.25) is 0 Å². The first-order chi connectivity index (χ1) is 15.2. The molecule has 0 aromatic heterocycles. The van der Waals surface area contributed by atoms with Crippen LogP contribution in [0.15, 0.2) is 48.5 Å². The highest BCUT2D eigenvalue weighted by molar-refractivity contribution is 5.94. The first kappa shape index (κ1) is 23.4. The number of anilines is 1. The van der Waals surface area contributed by atoms with Crippen molar-refractivity contribution in [3.63, 3.8) is 0 Å². The molecule has 2 aromatic carbocycles. The Kier molecular flexibility index (Phi) is 7.24. The lowest BCUT2D eigenvalue weighted by Gasteiger charge is -2.27. The van der Waals surface area contributed by atoms with E-state index in [-0.39, 0.29) is 18.8 Å². The summed E-state index contributed by atoms with van der Waals surface area (Å²) in [6, 6.07) is 9.42. The molecule has 2 aromatic rings. The van der Waals surface area contributed by atoms with Gasteiger partial charge in [-0.2, -0.15) is 13.2 Å². The third-order valence-electron chi connectivity index (χ3n) is 5.21. The number of benzene rings is 2. The van der Waals surface area contributed by atoms with E-state index < -0.39 is 35.8 Å². The number of urea groups is 1. The molecule has 1 saturated heterocycles. The lowest BCUT2D eigenvalue weighted by atomic mass is 10.1. The quantitative estimate of drug-likeness (QED) is 0.664. The number of alkyl halides is 3. The van der Waals surface area contributed by atoms with Crippen LogP contribution < -0.4 is 15.4 Å². The minimum atomic E-state index is -4.52. The molecular formula is C22H24F3N3O4. The van der Waals surface area contributed by atoms with E-state index >= 15 is 0 Å². The Morgan fingerprint density at radius 1 is 1.16 bits per heavy atom. The molecule has 1 heterocycles. The molecular weight excluding hydrogens is 427 g/mol. The fourth-order valence-corrected chi connectivity index (χ4v) is 3.44. The van der Waals surface area contributed by atoms with Crippen molar-refractivity contribution in [2.45, 2.75) is 31.2 Å². The molecule has 0 spiro atoms. The third kappa shape index (κ3) is 5.91. The molecule has 1 aliphatic heterocycles. The summed E-state index contributed by atoms with van der Waals surface area (Å²) in [5, 5.41) is 15.6. The summed E-state index contributed by atoms with van der Waals surface area (Å²) in [6.07, 6.45) is -4.55. The van der Waals surface area contributed by atoms with Crippen LogP contribution in [0.5, 0.6) is 5.75 Å². The first-order valence-electron chi connectivity index (χ1n) is 10.0. The minimum absolute atomic E-state index is 0.00779. The van der Waals surface area contributed by atoms with E-state index in [1.54, 1.807) is 24.3 Å². The van der Waals surface area contributed by atoms with E-state index in [1.807, 2.05) is 0 Å². The van der Waals surface area contributed by atoms with Gasteiger partial charge in [-0.3, -0.25) is 4.79 Å². The molecule has 32 heavy (non-hydrogen) atoms. The van der Waals surface area contributed by atoms with Crippen LogP contribution in [0, 0.1) is 0 Å². The monoisotopic (exact) mass is 451 g/mol. The third-order valence-corrected chi connectivity index (χ3v) is 5.21. The maximum Gasteiger partial charge on any atom is 0.416 e. The van der Waals surface area contributed by atoms with Gasteiger partial charge in [0.2, 0.25) is 0 Å². The summed E-state index contributed by atoms with van der Waals surface area (Å²) in [6.45, 7) is 0.296. The van der Waals surface area contributed by atoms with Crippen LogP contribution in [0.3, 0.4) is 0 Å². The molecule has 1 fully saturated rings. The molecule has 3 N–H and O–H groups in total. The molecule has 10 heteroatoms. The standard InChI is InChI=1S/C22H24F3N3O4/c1-32-17-9-7-14(8-10-17)20(30)27-18-13-28(11-3-6-19(18)29)21(31)26-16-5-2-4-15(12-16)22(23,24)25/h2,4-5,7-10,12,18-19,29H,3,6,11,13H2,1H3,(H,26,31)(H,27,30)/t18-,19+/m0/s1. The van der Waals surface area contributed by atoms with Gasteiger partial charge in [-0.15, -0.1) is 0 Å². The van der Waals surface area contributed by atoms with Gasteiger partial charge in [0.1, 0.15) is 5.75 Å². The zero-order valence-corrected chi connectivity index (χ0v) is 17.4. The summed E-state index contributed by atoms with van der Waals surface area (Å²) >= 11 is 0. The fourth-order valence-electron chi connectivity index (χ4n) is 3.44. The summed E-state index contributed by atoms with van der Waals surface area (Å²) in [4.78, 5) is 26.6. The van der Waals surface area contributed by atoms with Crippen molar-refractivity contribution >= 4 is 17.6 Å². The summed E-state index contributed by atoms with van der Waals surface area (Å²) in [7, 11) is 1.51. The van der Waals surface area contributed by atoms with Gasteiger partial charge in [0.25, 0.3) is 5.91 Å². The number of carbonyl (C=O) groups is 2. The van der Waals surface area contributed by atoms with Gasteiger partial charge in [0, 0.05) is 24.3 Å². The predicted molar refractivity (Wildman–Crippen MR) is 112 cm³/mol. The number of amides is 3. The van der Waals surface area contributed by atoms with Gasteiger partial charge in [-0.05, 0) is 55.3 Å². The fraction of sp³-hybridized carbons (Fsp3) is 0.364. The van der Waals surface area contributed by atoms with E-state index in [2.05, 4.69) is 10.6 Å². The minimum Gasteiger partial charge on any atom is -0.497 e. The number of hydrogen-bond donors (Lipinski definition) is 3. The normalized spacial score (nSPS) is 19.1. The number of nitrogens with one attached hydrogen (secondary N) is 2. The van der Waals surface area contributed by atoms with Crippen molar-refractivity contribution in [3.8, 4) is 5.75 Å². The molecule has 2 atom stereocenters. The number of aliphatic hydroxyl groups is 1. The molecule has 0 unspecified atom stereocenters. The molecule has 1 aliphatic rings. The predicted octanol–water partition coefficient (Wildman–Crippen LogP) is 3.50. The molecule has 0 saturated carbocycles. The molecule has 0 bridgehead atoms. The Bertz CT molecular complexity index is 950. The van der Waals surface area contributed by atoms with Crippen LogP contribution in [0.1, 0.15) is 28.8 Å². The zero-order chi connectivity index (χ0) is 23.3. The molecule has 3 rings (SSSR count). The number of nitrogens with zero attached hydrogens (tertiary/aromatic N) is 1. The number of aliphatic hydroxyl groups excluding tert-OH is 1. The van der Waals surface area contributed by atoms with Crippen molar-refractivity contribution in [2.24, 2.45) is 0 Å². The molecule has 172 valence electrons. The van der Waals surface area contributed by atoms with Crippen molar-refractivity contribution in [2.75, 3.05) is 25.5 Å². The topological polar surface area (TPSA) is 90.9 Å². The van der Waals surface area contributed by atoms with Crippen LogP contribution in [0.4, 0.5) is 23.7 Å². The van der Waals surface area contributed by atoms with Gasteiger partial charge in [-0.1, -0.05) is 6.07 Å². The number of halogens is 3. The van der Waals surface area contributed by atoms with E-state index in [0.29, 0.717) is 24.2 Å². The van der Waals surface area contributed by atoms with Crippen molar-refractivity contribution in [1.82, 2.24) is 10.2 Å². The van der Waals surface area contributed by atoms with Crippen molar-refractivity contribution in [1.29, 1.82) is 0 Å². The van der Waals surface area contributed by atoms with Crippen LogP contribution >= 0.6 is 0 Å². The van der Waals surface area contributed by atoms with E-state index in [4.69, 9.17) is 4.74 Å². The van der Waals surface area contributed by atoms with Crippen LogP contribution in [-0.2, 0) is 6.18 Å². The van der Waals surface area contributed by atoms with Crippen LogP contribution in [0.25, 0.3) is 0 Å². The van der Waals surface area contributed by atoms with E-state index in [9.17, 15) is 27.9 Å². The Labute approximate surface area is 183 Å². The number of ether oxygens (including phenoxy) is 1. The Morgan fingerprint density at radius 3 is 2.53 bits per heavy atom.